The Balaban J connectivity index is 1.59. The summed E-state index contributed by atoms with van der Waals surface area (Å²) in [7, 11) is 3.29. The molecule has 0 fully saturated rings. The first-order chi connectivity index (χ1) is 17.0. The van der Waals surface area contributed by atoms with Gasteiger partial charge in [-0.25, -0.2) is 0 Å². The minimum Gasteiger partial charge on any atom is -0.493 e. The van der Waals surface area contributed by atoms with Crippen molar-refractivity contribution in [3.05, 3.63) is 107 Å². The Hall–Kier alpha value is -3.05. The quantitative estimate of drug-likeness (QED) is 0.270. The summed E-state index contributed by atoms with van der Waals surface area (Å²) in [5.41, 5.74) is 3.18. The van der Waals surface area contributed by atoms with Crippen molar-refractivity contribution in [2.45, 2.75) is 32.0 Å². The van der Waals surface area contributed by atoms with Gasteiger partial charge in [0.25, 0.3) is 0 Å². The van der Waals surface area contributed by atoms with Crippen LogP contribution in [0.4, 0.5) is 0 Å². The van der Waals surface area contributed by atoms with Crippen molar-refractivity contribution in [1.82, 2.24) is 4.90 Å². The summed E-state index contributed by atoms with van der Waals surface area (Å²) in [6.45, 7) is 3.40. The fraction of sp³-hybridized carbons (Fsp3) is 0.267. The highest BCUT2D eigenvalue weighted by Crippen LogP contribution is 2.29. The van der Waals surface area contributed by atoms with Crippen LogP contribution in [-0.2, 0) is 13.0 Å². The Labute approximate surface area is 212 Å². The van der Waals surface area contributed by atoms with Gasteiger partial charge >= 0.3 is 0 Å². The molecule has 0 saturated heterocycles. The smallest absolute Gasteiger partial charge is 0.160 e. The van der Waals surface area contributed by atoms with Gasteiger partial charge in [0, 0.05) is 24.2 Å². The number of benzene rings is 4. The largest absolute Gasteiger partial charge is 0.493 e. The molecule has 2 atom stereocenters. The Morgan fingerprint density at radius 3 is 2.29 bits per heavy atom. The van der Waals surface area contributed by atoms with Crippen LogP contribution in [-0.4, -0.2) is 36.8 Å². The zero-order valence-electron chi connectivity index (χ0n) is 20.4. The first-order valence-corrected chi connectivity index (χ1v) is 12.2. The van der Waals surface area contributed by atoms with Crippen LogP contribution in [0.1, 0.15) is 29.7 Å². The second-order valence-electron chi connectivity index (χ2n) is 8.92. The molecular weight excluding hydrogens is 458 g/mol. The average molecular weight is 490 g/mol. The monoisotopic (exact) mass is 489 g/mol. The Kier molecular flexibility index (Phi) is 8.29. The number of halogens is 1. The van der Waals surface area contributed by atoms with E-state index >= 15 is 0 Å². The van der Waals surface area contributed by atoms with E-state index in [1.807, 2.05) is 36.4 Å². The summed E-state index contributed by atoms with van der Waals surface area (Å²) < 4.78 is 10.9. The van der Waals surface area contributed by atoms with Crippen molar-refractivity contribution < 1.29 is 14.6 Å². The van der Waals surface area contributed by atoms with Gasteiger partial charge in [-0.3, -0.25) is 4.90 Å². The van der Waals surface area contributed by atoms with E-state index in [0.717, 1.165) is 29.8 Å². The molecule has 4 rings (SSSR count). The molecule has 1 N–H and O–H groups in total. The predicted octanol–water partition coefficient (Wildman–Crippen LogP) is 6.68. The van der Waals surface area contributed by atoms with Crippen LogP contribution < -0.4 is 9.47 Å². The van der Waals surface area contributed by atoms with E-state index in [0.29, 0.717) is 17.3 Å². The van der Waals surface area contributed by atoms with E-state index in [4.69, 9.17) is 21.1 Å². The molecule has 0 heterocycles. The number of fused-ring (bicyclic) bond motifs is 1. The van der Waals surface area contributed by atoms with E-state index in [9.17, 15) is 5.11 Å². The Morgan fingerprint density at radius 1 is 0.800 bits per heavy atom. The van der Waals surface area contributed by atoms with Crippen molar-refractivity contribution in [2.24, 2.45) is 0 Å². The van der Waals surface area contributed by atoms with Gasteiger partial charge in [0.15, 0.2) is 11.5 Å². The first kappa shape index (κ1) is 25.1. The minimum atomic E-state index is -0.651. The lowest BCUT2D eigenvalue weighted by atomic mass is 10.0. The van der Waals surface area contributed by atoms with Crippen LogP contribution >= 0.6 is 11.6 Å². The molecule has 0 amide bonds. The lowest BCUT2D eigenvalue weighted by Gasteiger charge is -2.31. The molecule has 35 heavy (non-hydrogen) atoms. The first-order valence-electron chi connectivity index (χ1n) is 11.8. The summed E-state index contributed by atoms with van der Waals surface area (Å²) in [4.78, 5) is 2.33. The number of aliphatic hydroxyl groups excluding tert-OH is 1. The molecule has 4 aromatic rings. The number of methoxy groups -OCH3 is 2. The zero-order chi connectivity index (χ0) is 24.8. The summed E-state index contributed by atoms with van der Waals surface area (Å²) in [5, 5.41) is 14.2. The lowest BCUT2D eigenvalue weighted by Crippen LogP contribution is -2.37. The maximum absolute atomic E-state index is 11.1. The number of rotatable bonds is 10. The third-order valence-corrected chi connectivity index (χ3v) is 6.68. The number of hydrogen-bond donors (Lipinski definition) is 1. The molecule has 4 nitrogen and oxygen atoms in total. The summed E-state index contributed by atoms with van der Waals surface area (Å²) in [5.74, 6) is 1.44. The SMILES string of the molecule is COc1ccc(CC(C)N(Cc2ccc3ccccc3c2)C[C@H](O)c2cccc(Cl)c2)cc1OC. The van der Waals surface area contributed by atoms with Crippen molar-refractivity contribution in [2.75, 3.05) is 20.8 Å². The van der Waals surface area contributed by atoms with E-state index < -0.39 is 6.10 Å². The second kappa shape index (κ2) is 11.6. The van der Waals surface area contributed by atoms with Gasteiger partial charge in [0.1, 0.15) is 0 Å². The normalized spacial score (nSPS) is 13.1. The lowest BCUT2D eigenvalue weighted by molar-refractivity contribution is 0.0859. The molecule has 5 heteroatoms. The van der Waals surface area contributed by atoms with E-state index in [2.05, 4.69) is 60.4 Å². The number of ether oxygens (including phenoxy) is 2. The highest BCUT2D eigenvalue weighted by atomic mass is 35.5. The maximum atomic E-state index is 11.1. The highest BCUT2D eigenvalue weighted by Gasteiger charge is 2.21. The number of hydrogen-bond acceptors (Lipinski definition) is 4. The van der Waals surface area contributed by atoms with Crippen LogP contribution in [0.3, 0.4) is 0 Å². The minimum absolute atomic E-state index is 0.161. The molecule has 0 aromatic heterocycles. The highest BCUT2D eigenvalue weighted by molar-refractivity contribution is 6.30. The molecular formula is C30H32ClNO3. The Morgan fingerprint density at radius 2 is 1.54 bits per heavy atom. The third kappa shape index (κ3) is 6.34. The van der Waals surface area contributed by atoms with Crippen LogP contribution in [0.15, 0.2) is 84.9 Å². The van der Waals surface area contributed by atoms with E-state index in [1.54, 1.807) is 14.2 Å². The van der Waals surface area contributed by atoms with Crippen LogP contribution in [0, 0.1) is 0 Å². The fourth-order valence-corrected chi connectivity index (χ4v) is 4.69. The molecule has 4 aromatic carbocycles. The van der Waals surface area contributed by atoms with Gasteiger partial charge in [-0.2, -0.15) is 0 Å². The molecule has 0 aliphatic carbocycles. The van der Waals surface area contributed by atoms with Crippen LogP contribution in [0.2, 0.25) is 5.02 Å². The maximum Gasteiger partial charge on any atom is 0.160 e. The third-order valence-electron chi connectivity index (χ3n) is 6.44. The Bertz CT molecular complexity index is 1280. The van der Waals surface area contributed by atoms with Gasteiger partial charge in [-0.15, -0.1) is 0 Å². The second-order valence-corrected chi connectivity index (χ2v) is 9.36. The van der Waals surface area contributed by atoms with Crippen molar-refractivity contribution in [3.63, 3.8) is 0 Å². The topological polar surface area (TPSA) is 41.9 Å². The van der Waals surface area contributed by atoms with Crippen molar-refractivity contribution in [3.8, 4) is 11.5 Å². The summed E-state index contributed by atoms with van der Waals surface area (Å²) >= 11 is 6.19. The fourth-order valence-electron chi connectivity index (χ4n) is 4.49. The molecule has 0 radical (unpaired) electrons. The summed E-state index contributed by atoms with van der Waals surface area (Å²) in [6, 6.07) is 28.6. The molecule has 1 unspecified atom stereocenters. The van der Waals surface area contributed by atoms with Gasteiger partial charge in [-0.1, -0.05) is 66.2 Å². The molecule has 0 bridgehead atoms. The average Bonchev–Trinajstić information content (AvgIpc) is 2.88. The number of nitrogens with zero attached hydrogens (tertiary/aromatic N) is 1. The molecule has 182 valence electrons. The van der Waals surface area contributed by atoms with Crippen molar-refractivity contribution >= 4 is 22.4 Å². The van der Waals surface area contributed by atoms with Gasteiger partial charge in [-0.05, 0) is 71.1 Å². The molecule has 0 aliphatic heterocycles. The zero-order valence-corrected chi connectivity index (χ0v) is 21.2. The van der Waals surface area contributed by atoms with Gasteiger partial charge in [0.05, 0.1) is 20.3 Å². The predicted molar refractivity (Wildman–Crippen MR) is 143 cm³/mol. The molecule has 0 spiro atoms. The standard InChI is InChI=1S/C30H32ClNO3/c1-21(15-22-12-14-29(34-2)30(17-22)35-3)32(20-28(33)26-9-6-10-27(31)18-26)19-23-11-13-24-7-4-5-8-25(24)16-23/h4-14,16-18,21,28,33H,15,19-20H2,1-3H3/t21?,28-/m0/s1. The van der Waals surface area contributed by atoms with Gasteiger partial charge in [0.2, 0.25) is 0 Å². The van der Waals surface area contributed by atoms with E-state index in [1.165, 1.54) is 16.3 Å². The molecule has 0 saturated carbocycles. The van der Waals surface area contributed by atoms with Gasteiger partial charge < -0.3 is 14.6 Å². The van der Waals surface area contributed by atoms with E-state index in [-0.39, 0.29) is 6.04 Å². The number of aliphatic hydroxyl groups is 1. The molecule has 0 aliphatic rings. The van der Waals surface area contributed by atoms with Crippen molar-refractivity contribution in [1.29, 1.82) is 0 Å². The summed E-state index contributed by atoms with van der Waals surface area (Å²) in [6.07, 6.45) is 0.151. The van der Waals surface area contributed by atoms with Crippen LogP contribution in [0.25, 0.3) is 10.8 Å². The van der Waals surface area contributed by atoms with Crippen LogP contribution in [0.5, 0.6) is 11.5 Å².